The molecule has 0 bridgehead atoms. The average Bonchev–Trinajstić information content (AvgIpc) is 2.94. The summed E-state index contributed by atoms with van der Waals surface area (Å²) in [5, 5.41) is -0.509. The molecule has 0 aliphatic rings. The van der Waals surface area contributed by atoms with Gasteiger partial charge in [0, 0.05) is 11.4 Å². The summed E-state index contributed by atoms with van der Waals surface area (Å²) in [7, 11) is 0. The fourth-order valence-electron chi connectivity index (χ4n) is 3.53. The van der Waals surface area contributed by atoms with E-state index in [1.807, 2.05) is 62.4 Å². The second-order valence-corrected chi connectivity index (χ2v) is 9.58. The summed E-state index contributed by atoms with van der Waals surface area (Å²) in [5.74, 6) is -0.132. The molecule has 1 amide bonds. The highest BCUT2D eigenvalue weighted by Gasteiger charge is 2.14. The lowest BCUT2D eigenvalue weighted by Gasteiger charge is -2.21. The maximum atomic E-state index is 12.1. The summed E-state index contributed by atoms with van der Waals surface area (Å²) in [4.78, 5) is 23.2. The minimum Gasteiger partial charge on any atom is -0.278 e. The van der Waals surface area contributed by atoms with Crippen LogP contribution in [0.3, 0.4) is 0 Å². The SMILES string of the molecule is C=CC(=O)Cl.C=CC(=O)N(c1ccc(C)cc1)c1ccc(C)cc1.Cc1ccc(Cc2ccc(C)cc2)cc1. The number of hydrogen-bond donors (Lipinski definition) is 0. The molecule has 0 spiro atoms. The first kappa shape index (κ1) is 31.0. The van der Waals surface area contributed by atoms with Gasteiger partial charge in [0.05, 0.1) is 0 Å². The van der Waals surface area contributed by atoms with Crippen LogP contribution < -0.4 is 4.90 Å². The van der Waals surface area contributed by atoms with Crippen LogP contribution in [0.5, 0.6) is 0 Å². The summed E-state index contributed by atoms with van der Waals surface area (Å²) in [6.45, 7) is 14.9. The highest BCUT2D eigenvalue weighted by molar-refractivity contribution is 6.66. The fourth-order valence-corrected chi connectivity index (χ4v) is 3.53. The number of benzene rings is 4. The Kier molecular flexibility index (Phi) is 12.6. The number of hydrogen-bond acceptors (Lipinski definition) is 2. The number of carbonyl (C=O) groups is 2. The molecule has 0 fully saturated rings. The van der Waals surface area contributed by atoms with Gasteiger partial charge in [0.25, 0.3) is 5.91 Å². The number of amides is 1. The van der Waals surface area contributed by atoms with E-state index < -0.39 is 5.24 Å². The van der Waals surface area contributed by atoms with Gasteiger partial charge in [0.2, 0.25) is 5.24 Å². The summed E-state index contributed by atoms with van der Waals surface area (Å²) < 4.78 is 0. The predicted octanol–water partition coefficient (Wildman–Crippen LogP) is 8.99. The Hall–Kier alpha value is -4.21. The van der Waals surface area contributed by atoms with Crippen LogP contribution in [0.25, 0.3) is 0 Å². The van der Waals surface area contributed by atoms with Crippen LogP contribution in [0.4, 0.5) is 11.4 Å². The smallest absolute Gasteiger partial charge is 0.254 e. The number of rotatable bonds is 6. The standard InChI is InChI=1S/C17H17NO.C15H16.C3H3ClO/c1-4-17(19)18(15-9-5-13(2)6-10-15)16-11-7-14(3)8-12-16;1-12-3-7-14(8-4-12)11-15-9-5-13(2)6-10-15;1-2-3(4)5/h4-12H,1H2,2-3H3;3-10H,11H2,1-2H3;2H,1H2. The molecule has 0 saturated carbocycles. The Morgan fingerprint density at radius 3 is 1.13 bits per heavy atom. The zero-order chi connectivity index (χ0) is 28.8. The number of halogens is 1. The van der Waals surface area contributed by atoms with Gasteiger partial charge in [0.15, 0.2) is 0 Å². The summed E-state index contributed by atoms with van der Waals surface area (Å²) in [6, 6.07) is 33.2. The number of allylic oxidation sites excluding steroid dienone is 1. The minimum atomic E-state index is -0.509. The molecule has 0 radical (unpaired) electrons. The van der Waals surface area contributed by atoms with Crippen molar-refractivity contribution in [2.45, 2.75) is 34.1 Å². The Balaban J connectivity index is 0.000000238. The third-order valence-corrected chi connectivity index (χ3v) is 5.94. The normalized spacial score (nSPS) is 9.67. The summed E-state index contributed by atoms with van der Waals surface area (Å²) >= 11 is 4.71. The van der Waals surface area contributed by atoms with Crippen molar-refractivity contribution in [1.82, 2.24) is 0 Å². The van der Waals surface area contributed by atoms with Gasteiger partial charge >= 0.3 is 0 Å². The van der Waals surface area contributed by atoms with Gasteiger partial charge in [-0.3, -0.25) is 14.5 Å². The van der Waals surface area contributed by atoms with E-state index in [1.54, 1.807) is 4.90 Å². The lowest BCUT2D eigenvalue weighted by molar-refractivity contribution is -0.113. The summed E-state index contributed by atoms with van der Waals surface area (Å²) in [6.07, 6.45) is 3.40. The van der Waals surface area contributed by atoms with Gasteiger partial charge in [-0.1, -0.05) is 108 Å². The Morgan fingerprint density at radius 1 is 0.590 bits per heavy atom. The molecule has 39 heavy (non-hydrogen) atoms. The van der Waals surface area contributed by atoms with Gasteiger partial charge in [0.1, 0.15) is 0 Å². The van der Waals surface area contributed by atoms with Gasteiger partial charge in [-0.2, -0.15) is 0 Å². The Bertz CT molecular complexity index is 1270. The zero-order valence-electron chi connectivity index (χ0n) is 23.2. The van der Waals surface area contributed by atoms with E-state index in [2.05, 4.69) is 75.5 Å². The van der Waals surface area contributed by atoms with Crippen LogP contribution in [0.1, 0.15) is 33.4 Å². The van der Waals surface area contributed by atoms with E-state index in [0.717, 1.165) is 23.9 Å². The van der Waals surface area contributed by atoms with Crippen molar-refractivity contribution in [3.63, 3.8) is 0 Å². The van der Waals surface area contributed by atoms with Crippen molar-refractivity contribution in [2.75, 3.05) is 4.90 Å². The van der Waals surface area contributed by atoms with E-state index in [9.17, 15) is 9.59 Å². The second kappa shape index (κ2) is 15.9. The Labute approximate surface area is 238 Å². The van der Waals surface area contributed by atoms with Gasteiger partial charge < -0.3 is 0 Å². The van der Waals surface area contributed by atoms with Crippen molar-refractivity contribution in [3.05, 3.63) is 156 Å². The van der Waals surface area contributed by atoms with Crippen LogP contribution in [-0.2, 0) is 16.0 Å². The van der Waals surface area contributed by atoms with Crippen LogP contribution >= 0.6 is 11.6 Å². The molecular formula is C35H36ClNO2. The molecular weight excluding hydrogens is 502 g/mol. The quantitative estimate of drug-likeness (QED) is 0.182. The highest BCUT2D eigenvalue weighted by Crippen LogP contribution is 2.26. The molecule has 0 N–H and O–H groups in total. The van der Waals surface area contributed by atoms with Gasteiger partial charge in [-0.25, -0.2) is 0 Å². The van der Waals surface area contributed by atoms with Gasteiger partial charge in [-0.15, -0.1) is 0 Å². The van der Waals surface area contributed by atoms with E-state index in [4.69, 9.17) is 11.6 Å². The van der Waals surface area contributed by atoms with Crippen LogP contribution in [0, 0.1) is 27.7 Å². The third-order valence-electron chi connectivity index (χ3n) is 5.79. The van der Waals surface area contributed by atoms with Gasteiger partial charge in [-0.05, 0) is 93.3 Å². The molecule has 4 aromatic rings. The van der Waals surface area contributed by atoms with E-state index in [0.29, 0.717) is 0 Å². The van der Waals surface area contributed by atoms with Crippen LogP contribution in [0.2, 0.25) is 0 Å². The summed E-state index contributed by atoms with van der Waals surface area (Å²) in [5.41, 5.74) is 9.43. The van der Waals surface area contributed by atoms with Crippen LogP contribution in [-0.4, -0.2) is 11.1 Å². The van der Waals surface area contributed by atoms with E-state index >= 15 is 0 Å². The molecule has 0 aliphatic heterocycles. The molecule has 0 heterocycles. The molecule has 200 valence electrons. The van der Waals surface area contributed by atoms with Crippen molar-refractivity contribution in [3.8, 4) is 0 Å². The molecule has 0 saturated heterocycles. The maximum Gasteiger partial charge on any atom is 0.254 e. The largest absolute Gasteiger partial charge is 0.278 e. The lowest BCUT2D eigenvalue weighted by Crippen LogP contribution is -2.23. The molecule has 0 aromatic heterocycles. The molecule has 0 atom stereocenters. The van der Waals surface area contributed by atoms with Crippen LogP contribution in [0.15, 0.2) is 122 Å². The first-order valence-corrected chi connectivity index (χ1v) is 13.0. The molecule has 4 aromatic carbocycles. The first-order chi connectivity index (χ1) is 18.6. The van der Waals surface area contributed by atoms with Crippen molar-refractivity contribution in [1.29, 1.82) is 0 Å². The fraction of sp³-hybridized carbons (Fsp3) is 0.143. The van der Waals surface area contributed by atoms with Crippen molar-refractivity contribution >= 4 is 34.1 Å². The number of nitrogens with zero attached hydrogens (tertiary/aromatic N) is 1. The average molecular weight is 538 g/mol. The molecule has 3 nitrogen and oxygen atoms in total. The molecule has 4 rings (SSSR count). The van der Waals surface area contributed by atoms with E-state index in [-0.39, 0.29) is 5.91 Å². The minimum absolute atomic E-state index is 0.132. The van der Waals surface area contributed by atoms with Crippen molar-refractivity contribution < 1.29 is 9.59 Å². The topological polar surface area (TPSA) is 37.4 Å². The lowest BCUT2D eigenvalue weighted by atomic mass is 10.0. The highest BCUT2D eigenvalue weighted by atomic mass is 35.5. The first-order valence-electron chi connectivity index (χ1n) is 12.7. The van der Waals surface area contributed by atoms with Crippen molar-refractivity contribution in [2.24, 2.45) is 0 Å². The molecule has 0 aliphatic carbocycles. The molecule has 0 unspecified atom stereocenters. The number of carbonyl (C=O) groups excluding carboxylic acids is 2. The second-order valence-electron chi connectivity index (χ2n) is 9.21. The number of anilines is 2. The third kappa shape index (κ3) is 11.0. The van der Waals surface area contributed by atoms with E-state index in [1.165, 1.54) is 39.5 Å². The number of aryl methyl sites for hydroxylation is 4. The maximum absolute atomic E-state index is 12.1. The Morgan fingerprint density at radius 2 is 0.872 bits per heavy atom. The molecule has 4 heteroatoms. The monoisotopic (exact) mass is 537 g/mol. The predicted molar refractivity (Wildman–Crippen MR) is 166 cm³/mol. The zero-order valence-corrected chi connectivity index (χ0v) is 23.9.